The molecular formula is C32H25F2N5O5S2. The fourth-order valence-electron chi connectivity index (χ4n) is 5.43. The first-order valence-electron chi connectivity index (χ1n) is 13.9. The van der Waals surface area contributed by atoms with Crippen molar-refractivity contribution in [3.8, 4) is 0 Å². The highest BCUT2D eigenvalue weighted by Crippen LogP contribution is 2.41. The summed E-state index contributed by atoms with van der Waals surface area (Å²) >= 11 is 2.38. The van der Waals surface area contributed by atoms with Gasteiger partial charge in [0.15, 0.2) is 10.8 Å². The Morgan fingerprint density at radius 3 is 2.07 bits per heavy atom. The SMILES string of the molecule is O=C(O)C1=CCS[C@@H]2C(NC(=O)C(=NOC(F)F)c3csc(NC(c4ccccc4)(c4ccccc4)c4ccccc4)n3)C(=O)N12. The molecule has 3 heterocycles. The number of nitrogens with zero attached hydrogens (tertiary/aromatic N) is 3. The molecule has 1 unspecified atom stereocenters. The van der Waals surface area contributed by atoms with Crippen LogP contribution in [0, 0.1) is 0 Å². The number of carboxylic acids is 1. The molecule has 2 aliphatic rings. The van der Waals surface area contributed by atoms with Gasteiger partial charge >= 0.3 is 12.6 Å². The van der Waals surface area contributed by atoms with Gasteiger partial charge in [0, 0.05) is 11.1 Å². The number of hydrogen-bond donors (Lipinski definition) is 3. The van der Waals surface area contributed by atoms with Crippen molar-refractivity contribution in [3.63, 3.8) is 0 Å². The Labute approximate surface area is 269 Å². The van der Waals surface area contributed by atoms with Crippen LogP contribution in [-0.4, -0.2) is 62.3 Å². The predicted octanol–water partition coefficient (Wildman–Crippen LogP) is 4.86. The minimum atomic E-state index is -3.32. The van der Waals surface area contributed by atoms with Crippen LogP contribution in [0.5, 0.6) is 0 Å². The van der Waals surface area contributed by atoms with Gasteiger partial charge in [0.25, 0.3) is 11.8 Å². The van der Waals surface area contributed by atoms with Gasteiger partial charge in [-0.3, -0.25) is 14.5 Å². The van der Waals surface area contributed by atoms with Gasteiger partial charge in [-0.05, 0) is 22.8 Å². The van der Waals surface area contributed by atoms with E-state index >= 15 is 0 Å². The number of thioether (sulfide) groups is 1. The largest absolute Gasteiger partial charge is 0.477 e. The number of aromatic nitrogens is 1. The molecule has 1 aromatic heterocycles. The zero-order chi connectivity index (χ0) is 32.3. The lowest BCUT2D eigenvalue weighted by molar-refractivity contribution is -0.150. The average Bonchev–Trinajstić information content (AvgIpc) is 3.54. The maximum absolute atomic E-state index is 13.4. The van der Waals surface area contributed by atoms with Gasteiger partial charge in [-0.2, -0.15) is 8.78 Å². The summed E-state index contributed by atoms with van der Waals surface area (Å²) in [6.45, 7) is -3.32. The molecular weight excluding hydrogens is 637 g/mol. The normalized spacial score (nSPS) is 17.9. The van der Waals surface area contributed by atoms with Crippen LogP contribution in [-0.2, 0) is 24.8 Å². The molecule has 1 fully saturated rings. The van der Waals surface area contributed by atoms with Crippen LogP contribution in [0.15, 0.2) is 113 Å². The lowest BCUT2D eigenvalue weighted by atomic mass is 9.77. The molecule has 4 aromatic rings. The quantitative estimate of drug-likeness (QED) is 0.0899. The van der Waals surface area contributed by atoms with Crippen molar-refractivity contribution in [2.24, 2.45) is 5.16 Å². The molecule has 0 bridgehead atoms. The fraction of sp³-hybridized carbons (Fsp3) is 0.156. The molecule has 234 valence electrons. The van der Waals surface area contributed by atoms with Crippen LogP contribution < -0.4 is 10.6 Å². The van der Waals surface area contributed by atoms with E-state index < -0.39 is 47.1 Å². The second kappa shape index (κ2) is 13.1. The summed E-state index contributed by atoms with van der Waals surface area (Å²) in [7, 11) is 0. The molecule has 1 saturated heterocycles. The van der Waals surface area contributed by atoms with Gasteiger partial charge in [0.2, 0.25) is 0 Å². The minimum absolute atomic E-state index is 0.0696. The van der Waals surface area contributed by atoms with E-state index in [0.717, 1.165) is 32.9 Å². The Morgan fingerprint density at radius 1 is 0.978 bits per heavy atom. The van der Waals surface area contributed by atoms with Gasteiger partial charge in [-0.1, -0.05) is 96.2 Å². The molecule has 2 amide bonds. The molecule has 3 aromatic carbocycles. The Balaban J connectivity index is 1.34. The number of halogens is 2. The van der Waals surface area contributed by atoms with E-state index in [1.54, 1.807) is 0 Å². The highest BCUT2D eigenvalue weighted by atomic mass is 32.2. The van der Waals surface area contributed by atoms with E-state index in [0.29, 0.717) is 10.9 Å². The number of oxime groups is 1. The number of rotatable bonds is 11. The number of fused-ring (bicyclic) bond motifs is 1. The van der Waals surface area contributed by atoms with Gasteiger partial charge in [0.1, 0.15) is 28.3 Å². The number of carbonyl (C=O) groups excluding carboxylic acids is 2. The zero-order valence-corrected chi connectivity index (χ0v) is 25.4. The van der Waals surface area contributed by atoms with E-state index in [1.165, 1.54) is 23.2 Å². The van der Waals surface area contributed by atoms with Gasteiger partial charge in [0.05, 0.1) is 0 Å². The molecule has 0 spiro atoms. The van der Waals surface area contributed by atoms with Crippen molar-refractivity contribution < 1.29 is 33.1 Å². The third-order valence-electron chi connectivity index (χ3n) is 7.45. The molecule has 46 heavy (non-hydrogen) atoms. The van der Waals surface area contributed by atoms with E-state index in [9.17, 15) is 28.3 Å². The Hall–Kier alpha value is -5.08. The minimum Gasteiger partial charge on any atom is -0.477 e. The lowest BCUT2D eigenvalue weighted by Gasteiger charge is -2.48. The number of alkyl halides is 2. The lowest BCUT2D eigenvalue weighted by Crippen LogP contribution is -2.70. The van der Waals surface area contributed by atoms with Gasteiger partial charge in [-0.15, -0.1) is 23.1 Å². The Kier molecular flexibility index (Phi) is 8.81. The van der Waals surface area contributed by atoms with Crippen LogP contribution in [0.3, 0.4) is 0 Å². The number of hydrogen-bond acceptors (Lipinski definition) is 9. The average molecular weight is 662 g/mol. The molecule has 0 aliphatic carbocycles. The molecule has 3 N–H and O–H groups in total. The summed E-state index contributed by atoms with van der Waals surface area (Å²) < 4.78 is 26.2. The first kappa shape index (κ1) is 30.9. The molecule has 6 rings (SSSR count). The molecule has 0 saturated carbocycles. The number of β-lactam (4-membered cyclic amide) rings is 1. The number of anilines is 1. The molecule has 10 nitrogen and oxygen atoms in total. The fourth-order valence-corrected chi connectivity index (χ4v) is 7.37. The molecule has 14 heteroatoms. The summed E-state index contributed by atoms with van der Waals surface area (Å²) in [5, 5.41) is 20.0. The summed E-state index contributed by atoms with van der Waals surface area (Å²) in [4.78, 5) is 47.6. The molecule has 0 radical (unpaired) electrons. The number of amides is 2. The summed E-state index contributed by atoms with van der Waals surface area (Å²) in [5.74, 6) is -2.59. The maximum atomic E-state index is 13.4. The maximum Gasteiger partial charge on any atom is 0.407 e. The Bertz CT molecular complexity index is 1710. The Morgan fingerprint density at radius 2 is 1.54 bits per heavy atom. The van der Waals surface area contributed by atoms with E-state index in [4.69, 9.17) is 0 Å². The first-order chi connectivity index (χ1) is 22.3. The van der Waals surface area contributed by atoms with Crippen molar-refractivity contribution in [3.05, 3.63) is 131 Å². The number of benzene rings is 3. The van der Waals surface area contributed by atoms with Crippen LogP contribution in [0.4, 0.5) is 13.9 Å². The number of carboxylic acid groups (broad SMARTS) is 1. The highest BCUT2D eigenvalue weighted by Gasteiger charge is 2.53. The van der Waals surface area contributed by atoms with Crippen molar-refractivity contribution in [2.75, 3.05) is 11.1 Å². The predicted molar refractivity (Wildman–Crippen MR) is 169 cm³/mol. The number of carbonyl (C=O) groups is 3. The third-order valence-corrected chi connectivity index (χ3v) is 9.39. The van der Waals surface area contributed by atoms with Gasteiger partial charge < -0.3 is 20.6 Å². The van der Waals surface area contributed by atoms with Crippen molar-refractivity contribution in [1.29, 1.82) is 0 Å². The molecule has 2 atom stereocenters. The van der Waals surface area contributed by atoms with Crippen LogP contribution in [0.1, 0.15) is 22.4 Å². The monoisotopic (exact) mass is 661 g/mol. The van der Waals surface area contributed by atoms with Gasteiger partial charge in [-0.25, -0.2) is 9.78 Å². The second-order valence-corrected chi connectivity index (χ2v) is 12.1. The zero-order valence-electron chi connectivity index (χ0n) is 23.7. The second-order valence-electron chi connectivity index (χ2n) is 10.1. The standard InChI is InChI=1S/C32H25F2N5O5S2/c33-30(34)44-38-24(26(40)36-25-27(41)39-23(29(42)43)16-17-45-28(25)39)22-18-46-31(35-22)37-32(19-10-4-1-5-11-19,20-12-6-2-7-13-20)21-14-8-3-9-15-21/h1-16,18,25,28,30H,17H2,(H,35,37)(H,36,40)(H,42,43)/t25?,28-/m1/s1. The number of thiazole rings is 1. The van der Waals surface area contributed by atoms with Crippen LogP contribution >= 0.6 is 23.1 Å². The smallest absolute Gasteiger partial charge is 0.407 e. The summed E-state index contributed by atoms with van der Waals surface area (Å²) in [6.07, 6.45) is 1.41. The first-order valence-corrected chi connectivity index (χ1v) is 15.8. The van der Waals surface area contributed by atoms with Crippen LogP contribution in [0.25, 0.3) is 0 Å². The van der Waals surface area contributed by atoms with Crippen molar-refractivity contribution in [1.82, 2.24) is 15.2 Å². The van der Waals surface area contributed by atoms with Crippen molar-refractivity contribution >= 4 is 51.7 Å². The summed E-state index contributed by atoms with van der Waals surface area (Å²) in [6, 6.07) is 28.0. The number of aliphatic carboxylic acids is 1. The number of nitrogens with one attached hydrogen (secondary N) is 2. The third kappa shape index (κ3) is 5.84. The van der Waals surface area contributed by atoms with E-state index in [-0.39, 0.29) is 11.4 Å². The van der Waals surface area contributed by atoms with E-state index in [1.807, 2.05) is 91.0 Å². The van der Waals surface area contributed by atoms with E-state index in [2.05, 4.69) is 25.6 Å². The molecule has 2 aliphatic heterocycles. The topological polar surface area (TPSA) is 133 Å². The highest BCUT2D eigenvalue weighted by molar-refractivity contribution is 8.00. The van der Waals surface area contributed by atoms with Crippen molar-refractivity contribution in [2.45, 2.75) is 23.6 Å². The van der Waals surface area contributed by atoms with Crippen LogP contribution in [0.2, 0.25) is 0 Å². The summed E-state index contributed by atoms with van der Waals surface area (Å²) in [5.41, 5.74) is 0.907.